The fraction of sp³-hybridized carbons (Fsp3) is 1.00. The molecule has 3 saturated carbocycles. The lowest BCUT2D eigenvalue weighted by Crippen LogP contribution is -2.31. The molecule has 0 aromatic rings. The van der Waals surface area contributed by atoms with Gasteiger partial charge < -0.3 is 4.74 Å². The summed E-state index contributed by atoms with van der Waals surface area (Å²) in [4.78, 5) is 0. The number of ether oxygens (including phenoxy) is 1. The molecule has 3 fully saturated rings. The zero-order chi connectivity index (χ0) is 9.00. The molecule has 0 saturated heterocycles. The highest BCUT2D eigenvalue weighted by Crippen LogP contribution is 2.61. The van der Waals surface area contributed by atoms with Crippen LogP contribution in [-0.2, 0) is 4.74 Å². The maximum Gasteiger partial charge on any atom is 0.0605 e. The third-order valence-electron chi connectivity index (χ3n) is 5.09. The summed E-state index contributed by atoms with van der Waals surface area (Å²) in [5, 5.41) is 0. The molecule has 0 N–H and O–H groups in total. The Balaban J connectivity index is 1.83. The predicted molar refractivity (Wildman–Crippen MR) is 52.4 cm³/mol. The van der Waals surface area contributed by atoms with Crippen molar-refractivity contribution in [3.05, 3.63) is 0 Å². The normalized spacial score (nSPS) is 58.6. The molecule has 74 valence electrons. The van der Waals surface area contributed by atoms with E-state index in [1.54, 1.807) is 0 Å². The summed E-state index contributed by atoms with van der Waals surface area (Å²) < 4.78 is 5.59. The predicted octanol–water partition coefficient (Wildman–Crippen LogP) is 2.70. The van der Waals surface area contributed by atoms with Gasteiger partial charge in [-0.3, -0.25) is 0 Å². The van der Waals surface area contributed by atoms with Crippen molar-refractivity contribution >= 4 is 0 Å². The monoisotopic (exact) mass is 180 g/mol. The van der Waals surface area contributed by atoms with E-state index < -0.39 is 0 Å². The summed E-state index contributed by atoms with van der Waals surface area (Å²) in [6.07, 6.45) is 6.45. The van der Waals surface area contributed by atoms with Crippen molar-refractivity contribution in [2.45, 2.75) is 38.7 Å². The Morgan fingerprint density at radius 1 is 1.08 bits per heavy atom. The van der Waals surface area contributed by atoms with Gasteiger partial charge in [0.2, 0.25) is 0 Å². The van der Waals surface area contributed by atoms with E-state index >= 15 is 0 Å². The summed E-state index contributed by atoms with van der Waals surface area (Å²) in [6.45, 7) is 2.47. The van der Waals surface area contributed by atoms with Gasteiger partial charge in [0.1, 0.15) is 0 Å². The molecule has 0 radical (unpaired) electrons. The van der Waals surface area contributed by atoms with Gasteiger partial charge in [0.15, 0.2) is 0 Å². The van der Waals surface area contributed by atoms with Crippen LogP contribution in [0.15, 0.2) is 0 Å². The fourth-order valence-corrected chi connectivity index (χ4v) is 4.68. The van der Waals surface area contributed by atoms with Gasteiger partial charge >= 0.3 is 0 Å². The van der Waals surface area contributed by atoms with Crippen molar-refractivity contribution < 1.29 is 4.74 Å². The second-order valence-electron chi connectivity index (χ2n) is 5.47. The smallest absolute Gasteiger partial charge is 0.0605 e. The van der Waals surface area contributed by atoms with Crippen LogP contribution in [0.1, 0.15) is 32.6 Å². The lowest BCUT2D eigenvalue weighted by Gasteiger charge is -2.32. The molecule has 3 aliphatic rings. The molecular weight excluding hydrogens is 160 g/mol. The Hall–Kier alpha value is -0.0400. The Bertz CT molecular complexity index is 211. The molecule has 0 aliphatic heterocycles. The van der Waals surface area contributed by atoms with E-state index in [4.69, 9.17) is 4.74 Å². The lowest BCUT2D eigenvalue weighted by atomic mass is 9.77. The van der Waals surface area contributed by atoms with Crippen LogP contribution in [0.5, 0.6) is 0 Å². The van der Waals surface area contributed by atoms with E-state index in [9.17, 15) is 0 Å². The Morgan fingerprint density at radius 2 is 1.92 bits per heavy atom. The molecule has 0 amide bonds. The largest absolute Gasteiger partial charge is 0.381 e. The highest BCUT2D eigenvalue weighted by Gasteiger charge is 2.56. The molecule has 0 spiro atoms. The van der Waals surface area contributed by atoms with Gasteiger partial charge in [0, 0.05) is 7.11 Å². The summed E-state index contributed by atoms with van der Waals surface area (Å²) in [5.41, 5.74) is 0. The van der Waals surface area contributed by atoms with Crippen molar-refractivity contribution in [3.63, 3.8) is 0 Å². The summed E-state index contributed by atoms with van der Waals surface area (Å²) in [6, 6.07) is 0. The van der Waals surface area contributed by atoms with Crippen LogP contribution in [0.25, 0.3) is 0 Å². The van der Waals surface area contributed by atoms with Crippen molar-refractivity contribution in [3.8, 4) is 0 Å². The molecule has 0 heterocycles. The summed E-state index contributed by atoms with van der Waals surface area (Å²) in [7, 11) is 1.90. The average molecular weight is 180 g/mol. The van der Waals surface area contributed by atoms with Crippen LogP contribution >= 0.6 is 0 Å². The van der Waals surface area contributed by atoms with Gasteiger partial charge in [0.05, 0.1) is 6.10 Å². The zero-order valence-corrected chi connectivity index (χ0v) is 8.70. The van der Waals surface area contributed by atoms with Crippen LogP contribution in [0.2, 0.25) is 0 Å². The minimum Gasteiger partial charge on any atom is -0.381 e. The van der Waals surface area contributed by atoms with E-state index in [1.165, 1.54) is 25.7 Å². The third-order valence-corrected chi connectivity index (χ3v) is 5.09. The highest BCUT2D eigenvalue weighted by atomic mass is 16.5. The molecular formula is C12H20O. The average Bonchev–Trinajstić information content (AvgIpc) is 2.76. The number of fused-ring (bicyclic) bond motifs is 5. The molecule has 6 unspecified atom stereocenters. The molecule has 2 bridgehead atoms. The Kier molecular flexibility index (Phi) is 1.74. The van der Waals surface area contributed by atoms with E-state index in [0.717, 1.165) is 29.6 Å². The second-order valence-corrected chi connectivity index (χ2v) is 5.47. The van der Waals surface area contributed by atoms with E-state index in [2.05, 4.69) is 6.92 Å². The molecule has 0 aromatic heterocycles. The first-order valence-corrected chi connectivity index (χ1v) is 5.84. The van der Waals surface area contributed by atoms with Crippen LogP contribution in [0.4, 0.5) is 0 Å². The lowest BCUT2D eigenvalue weighted by molar-refractivity contribution is 0.0178. The van der Waals surface area contributed by atoms with Gasteiger partial charge in [-0.25, -0.2) is 0 Å². The Morgan fingerprint density at radius 3 is 2.69 bits per heavy atom. The third kappa shape index (κ3) is 0.971. The quantitative estimate of drug-likeness (QED) is 0.603. The van der Waals surface area contributed by atoms with Crippen LogP contribution < -0.4 is 0 Å². The van der Waals surface area contributed by atoms with Crippen molar-refractivity contribution in [1.82, 2.24) is 0 Å². The molecule has 6 atom stereocenters. The van der Waals surface area contributed by atoms with Crippen LogP contribution in [-0.4, -0.2) is 13.2 Å². The number of hydrogen-bond acceptors (Lipinski definition) is 1. The van der Waals surface area contributed by atoms with Crippen LogP contribution in [0.3, 0.4) is 0 Å². The molecule has 1 heteroatoms. The molecule has 1 nitrogen and oxygen atoms in total. The van der Waals surface area contributed by atoms with Gasteiger partial charge in [0.25, 0.3) is 0 Å². The SMILES string of the molecule is COC1CC2CC1C1CCC(C)C21. The highest BCUT2D eigenvalue weighted by molar-refractivity contribution is 5.05. The minimum atomic E-state index is 0.622. The first-order valence-electron chi connectivity index (χ1n) is 5.84. The standard InChI is InChI=1S/C12H20O/c1-7-3-4-9-10-5-8(12(7)9)6-11(10)13-2/h7-12H,3-6H2,1-2H3. The Labute approximate surface area is 80.8 Å². The van der Waals surface area contributed by atoms with Gasteiger partial charge in [-0.1, -0.05) is 13.3 Å². The topological polar surface area (TPSA) is 9.23 Å². The van der Waals surface area contributed by atoms with E-state index in [0.29, 0.717) is 6.10 Å². The number of rotatable bonds is 1. The van der Waals surface area contributed by atoms with Gasteiger partial charge in [-0.2, -0.15) is 0 Å². The molecule has 13 heavy (non-hydrogen) atoms. The van der Waals surface area contributed by atoms with Gasteiger partial charge in [-0.05, 0) is 48.9 Å². The zero-order valence-electron chi connectivity index (χ0n) is 8.70. The molecule has 0 aromatic carbocycles. The molecule has 3 rings (SSSR count). The van der Waals surface area contributed by atoms with Crippen molar-refractivity contribution in [2.24, 2.45) is 29.6 Å². The first kappa shape index (κ1) is 8.28. The maximum absolute atomic E-state index is 5.59. The van der Waals surface area contributed by atoms with E-state index in [1.807, 2.05) is 7.11 Å². The second kappa shape index (κ2) is 2.73. The van der Waals surface area contributed by atoms with Crippen LogP contribution in [0, 0.1) is 29.6 Å². The maximum atomic E-state index is 5.59. The number of hydrogen-bond donors (Lipinski definition) is 0. The minimum absolute atomic E-state index is 0.622. The van der Waals surface area contributed by atoms with Crippen molar-refractivity contribution in [1.29, 1.82) is 0 Å². The summed E-state index contributed by atoms with van der Waals surface area (Å²) >= 11 is 0. The fourth-order valence-electron chi connectivity index (χ4n) is 4.68. The molecule has 3 aliphatic carbocycles. The van der Waals surface area contributed by atoms with Crippen molar-refractivity contribution in [2.75, 3.05) is 7.11 Å². The number of methoxy groups -OCH3 is 1. The van der Waals surface area contributed by atoms with E-state index in [-0.39, 0.29) is 0 Å². The summed E-state index contributed by atoms with van der Waals surface area (Å²) in [5.74, 6) is 5.09. The van der Waals surface area contributed by atoms with Gasteiger partial charge in [-0.15, -0.1) is 0 Å². The first-order chi connectivity index (χ1) is 6.31.